The van der Waals surface area contributed by atoms with E-state index < -0.39 is 35.7 Å². The Morgan fingerprint density at radius 2 is 1.86 bits per heavy atom. The maximum atomic E-state index is 13.4. The zero-order chi connectivity index (χ0) is 20.9. The number of benzene rings is 1. The number of nitrogens with one attached hydrogen (secondary N) is 2. The van der Waals surface area contributed by atoms with Gasteiger partial charge in [-0.25, -0.2) is 9.18 Å². The molecule has 0 saturated carbocycles. The number of rotatable bonds is 13. The van der Waals surface area contributed by atoms with E-state index in [0.717, 1.165) is 25.7 Å². The van der Waals surface area contributed by atoms with Gasteiger partial charge in [-0.2, -0.15) is 0 Å². The number of aliphatic carboxylic acids is 1. The SMILES string of the molecule is C=CCCCCCC[C@H](NC(=O)[C@H](Cc1cccc(F)c1)NC(C)=O)C(=O)O. The molecule has 1 rings (SSSR count). The van der Waals surface area contributed by atoms with E-state index in [4.69, 9.17) is 0 Å². The standard InChI is InChI=1S/C21H29FN2O4/c1-3-4-5-6-7-8-12-18(21(27)28)24-20(26)19(23-15(2)25)14-16-10-9-11-17(22)13-16/h3,9-11,13,18-19H,1,4-8,12,14H2,2H3,(H,23,25)(H,24,26)(H,27,28)/t18-,19-/m0/s1. The zero-order valence-corrected chi connectivity index (χ0v) is 16.2. The lowest BCUT2D eigenvalue weighted by atomic mass is 10.0. The van der Waals surface area contributed by atoms with Crippen LogP contribution in [0.25, 0.3) is 0 Å². The molecule has 0 spiro atoms. The molecule has 2 amide bonds. The Morgan fingerprint density at radius 1 is 1.14 bits per heavy atom. The highest BCUT2D eigenvalue weighted by Gasteiger charge is 2.26. The Labute approximate surface area is 165 Å². The van der Waals surface area contributed by atoms with Crippen LogP contribution in [0.4, 0.5) is 4.39 Å². The average Bonchev–Trinajstić information content (AvgIpc) is 2.62. The van der Waals surface area contributed by atoms with E-state index in [1.807, 2.05) is 6.08 Å². The van der Waals surface area contributed by atoms with Gasteiger partial charge in [0.1, 0.15) is 17.9 Å². The highest BCUT2D eigenvalue weighted by Crippen LogP contribution is 2.10. The van der Waals surface area contributed by atoms with Crippen molar-refractivity contribution < 1.29 is 23.9 Å². The third-order valence-corrected chi connectivity index (χ3v) is 4.29. The lowest BCUT2D eigenvalue weighted by Crippen LogP contribution is -2.52. The monoisotopic (exact) mass is 392 g/mol. The Kier molecular flexibility index (Phi) is 10.5. The van der Waals surface area contributed by atoms with Crippen molar-refractivity contribution in [2.75, 3.05) is 0 Å². The number of hydrogen-bond acceptors (Lipinski definition) is 3. The van der Waals surface area contributed by atoms with Gasteiger partial charge in [0.2, 0.25) is 11.8 Å². The summed E-state index contributed by atoms with van der Waals surface area (Å²) in [5.74, 6) is -2.59. The fraction of sp³-hybridized carbons (Fsp3) is 0.476. The topological polar surface area (TPSA) is 95.5 Å². The number of allylic oxidation sites excluding steroid dienone is 1. The normalized spacial score (nSPS) is 12.6. The molecule has 0 saturated heterocycles. The summed E-state index contributed by atoms with van der Waals surface area (Å²) in [6.07, 6.45) is 6.67. The molecule has 0 radical (unpaired) electrons. The molecule has 0 aliphatic heterocycles. The van der Waals surface area contributed by atoms with Crippen LogP contribution in [0.2, 0.25) is 0 Å². The molecule has 3 N–H and O–H groups in total. The maximum absolute atomic E-state index is 13.4. The third kappa shape index (κ3) is 9.30. The predicted molar refractivity (Wildman–Crippen MR) is 105 cm³/mol. The highest BCUT2D eigenvalue weighted by molar-refractivity contribution is 5.90. The maximum Gasteiger partial charge on any atom is 0.326 e. The Morgan fingerprint density at radius 3 is 2.46 bits per heavy atom. The molecule has 0 aliphatic rings. The molecule has 28 heavy (non-hydrogen) atoms. The van der Waals surface area contributed by atoms with E-state index in [1.165, 1.54) is 25.1 Å². The van der Waals surface area contributed by atoms with Crippen molar-refractivity contribution in [3.8, 4) is 0 Å². The summed E-state index contributed by atoms with van der Waals surface area (Å²) in [4.78, 5) is 35.5. The molecule has 154 valence electrons. The van der Waals surface area contributed by atoms with Crippen LogP contribution < -0.4 is 10.6 Å². The van der Waals surface area contributed by atoms with E-state index in [9.17, 15) is 23.9 Å². The summed E-state index contributed by atoms with van der Waals surface area (Å²) in [6, 6.07) is 3.71. The Hall–Kier alpha value is -2.70. The molecule has 6 nitrogen and oxygen atoms in total. The first kappa shape index (κ1) is 23.3. The van der Waals surface area contributed by atoms with E-state index in [0.29, 0.717) is 18.4 Å². The number of carboxylic acid groups (broad SMARTS) is 1. The van der Waals surface area contributed by atoms with Gasteiger partial charge in [-0.15, -0.1) is 6.58 Å². The van der Waals surface area contributed by atoms with Crippen LogP contribution in [0.1, 0.15) is 51.0 Å². The first-order valence-electron chi connectivity index (χ1n) is 9.49. The van der Waals surface area contributed by atoms with Crippen LogP contribution in [-0.4, -0.2) is 35.0 Å². The van der Waals surface area contributed by atoms with Crippen LogP contribution in [0.15, 0.2) is 36.9 Å². The van der Waals surface area contributed by atoms with E-state index in [-0.39, 0.29) is 6.42 Å². The van der Waals surface area contributed by atoms with Crippen molar-refractivity contribution in [3.05, 3.63) is 48.3 Å². The van der Waals surface area contributed by atoms with Crippen LogP contribution in [-0.2, 0) is 20.8 Å². The third-order valence-electron chi connectivity index (χ3n) is 4.29. The fourth-order valence-electron chi connectivity index (χ4n) is 2.87. The molecular weight excluding hydrogens is 363 g/mol. The summed E-state index contributed by atoms with van der Waals surface area (Å²) in [6.45, 7) is 4.93. The minimum atomic E-state index is -1.12. The summed E-state index contributed by atoms with van der Waals surface area (Å²) < 4.78 is 13.4. The Bertz CT molecular complexity index is 678. The van der Waals surface area contributed by atoms with Crippen LogP contribution in [0.3, 0.4) is 0 Å². The highest BCUT2D eigenvalue weighted by atomic mass is 19.1. The van der Waals surface area contributed by atoms with Crippen LogP contribution in [0, 0.1) is 5.82 Å². The van der Waals surface area contributed by atoms with Gasteiger partial charge in [-0.05, 0) is 37.0 Å². The van der Waals surface area contributed by atoms with Gasteiger partial charge in [0.25, 0.3) is 0 Å². The van der Waals surface area contributed by atoms with E-state index in [2.05, 4.69) is 17.2 Å². The molecule has 0 bridgehead atoms. The van der Waals surface area contributed by atoms with Crippen LogP contribution >= 0.6 is 0 Å². The lowest BCUT2D eigenvalue weighted by Gasteiger charge is -2.21. The molecule has 1 aromatic rings. The van der Waals surface area contributed by atoms with Gasteiger partial charge in [0, 0.05) is 13.3 Å². The van der Waals surface area contributed by atoms with Crippen molar-refractivity contribution in [1.29, 1.82) is 0 Å². The molecule has 1 aromatic carbocycles. The molecule has 7 heteroatoms. The average molecular weight is 392 g/mol. The first-order valence-corrected chi connectivity index (χ1v) is 9.49. The van der Waals surface area contributed by atoms with E-state index in [1.54, 1.807) is 6.07 Å². The number of carbonyl (C=O) groups is 3. The van der Waals surface area contributed by atoms with E-state index >= 15 is 0 Å². The Balaban J connectivity index is 2.67. The van der Waals surface area contributed by atoms with Gasteiger partial charge in [-0.3, -0.25) is 9.59 Å². The molecule has 0 fully saturated rings. The molecular formula is C21H29FN2O4. The second kappa shape index (κ2) is 12.6. The number of unbranched alkanes of at least 4 members (excludes halogenated alkanes) is 4. The predicted octanol–water partition coefficient (Wildman–Crippen LogP) is 2.97. The van der Waals surface area contributed by atoms with Gasteiger partial charge < -0.3 is 15.7 Å². The molecule has 2 atom stereocenters. The minimum Gasteiger partial charge on any atom is -0.480 e. The number of halogens is 1. The van der Waals surface area contributed by atoms with Gasteiger partial charge in [0.15, 0.2) is 0 Å². The van der Waals surface area contributed by atoms with Crippen LogP contribution in [0.5, 0.6) is 0 Å². The van der Waals surface area contributed by atoms with Gasteiger partial charge >= 0.3 is 5.97 Å². The lowest BCUT2D eigenvalue weighted by molar-refractivity contribution is -0.142. The first-order chi connectivity index (χ1) is 13.3. The summed E-state index contributed by atoms with van der Waals surface area (Å²) >= 11 is 0. The second-order valence-corrected chi connectivity index (χ2v) is 6.77. The fourth-order valence-corrected chi connectivity index (χ4v) is 2.87. The smallest absolute Gasteiger partial charge is 0.326 e. The van der Waals surface area contributed by atoms with Crippen molar-refractivity contribution in [2.45, 2.75) is 64.0 Å². The molecule has 0 heterocycles. The minimum absolute atomic E-state index is 0.0665. The van der Waals surface area contributed by atoms with Crippen molar-refractivity contribution >= 4 is 17.8 Å². The van der Waals surface area contributed by atoms with Crippen molar-refractivity contribution in [2.24, 2.45) is 0 Å². The number of carbonyl (C=O) groups excluding carboxylic acids is 2. The molecule has 0 unspecified atom stereocenters. The zero-order valence-electron chi connectivity index (χ0n) is 16.2. The molecule has 0 aromatic heterocycles. The van der Waals surface area contributed by atoms with Gasteiger partial charge in [-0.1, -0.05) is 37.5 Å². The summed E-state index contributed by atoms with van der Waals surface area (Å²) in [5, 5.41) is 14.4. The number of hydrogen-bond donors (Lipinski definition) is 3. The largest absolute Gasteiger partial charge is 0.480 e. The second-order valence-electron chi connectivity index (χ2n) is 6.77. The molecule has 0 aliphatic carbocycles. The van der Waals surface area contributed by atoms with Crippen molar-refractivity contribution in [1.82, 2.24) is 10.6 Å². The number of amides is 2. The summed E-state index contributed by atoms with van der Waals surface area (Å²) in [7, 11) is 0. The van der Waals surface area contributed by atoms with Crippen molar-refractivity contribution in [3.63, 3.8) is 0 Å². The van der Waals surface area contributed by atoms with Gasteiger partial charge in [0.05, 0.1) is 0 Å². The number of carboxylic acids is 1. The quantitative estimate of drug-likeness (QED) is 0.355. The summed E-state index contributed by atoms with van der Waals surface area (Å²) in [5.41, 5.74) is 0.531.